The summed E-state index contributed by atoms with van der Waals surface area (Å²) in [6, 6.07) is 3.95. The van der Waals surface area contributed by atoms with Crippen molar-refractivity contribution in [1.29, 1.82) is 0 Å². The van der Waals surface area contributed by atoms with Crippen LogP contribution in [-0.2, 0) is 14.3 Å². The Morgan fingerprint density at radius 2 is 1.83 bits per heavy atom. The number of rotatable bonds is 2. The van der Waals surface area contributed by atoms with E-state index >= 15 is 0 Å². The fraction of sp³-hybridized carbons (Fsp3) is 0.690. The molecule has 1 unspecified atom stereocenters. The van der Waals surface area contributed by atoms with Gasteiger partial charge in [-0.05, 0) is 74.1 Å². The molecule has 1 aromatic rings. The van der Waals surface area contributed by atoms with Crippen molar-refractivity contribution in [2.75, 3.05) is 0 Å². The molecular weight excluding hydrogens is 442 g/mol. The van der Waals surface area contributed by atoms with Crippen molar-refractivity contribution < 1.29 is 24.5 Å². The topological polar surface area (TPSA) is 96.7 Å². The number of aliphatic hydroxyl groups is 2. The smallest absolute Gasteiger partial charge is 0.309 e. The number of fused-ring (bicyclic) bond motifs is 1. The maximum Gasteiger partial charge on any atom is 0.309 e. The van der Waals surface area contributed by atoms with Crippen molar-refractivity contribution in [2.24, 2.45) is 29.1 Å². The number of ether oxygens (including phenoxy) is 1. The van der Waals surface area contributed by atoms with Gasteiger partial charge in [0.05, 0.1) is 29.7 Å². The van der Waals surface area contributed by atoms with Gasteiger partial charge < -0.3 is 14.9 Å². The maximum atomic E-state index is 13.2. The van der Waals surface area contributed by atoms with E-state index in [0.717, 1.165) is 48.9 Å². The van der Waals surface area contributed by atoms with Gasteiger partial charge in [0.1, 0.15) is 11.9 Å². The van der Waals surface area contributed by atoms with Crippen LogP contribution in [-0.4, -0.2) is 45.3 Å². The Labute approximate surface area is 210 Å². The van der Waals surface area contributed by atoms with E-state index in [1.54, 1.807) is 20.8 Å². The van der Waals surface area contributed by atoms with Crippen molar-refractivity contribution in [3.8, 4) is 0 Å². The molecule has 2 fully saturated rings. The summed E-state index contributed by atoms with van der Waals surface area (Å²) >= 11 is 0. The summed E-state index contributed by atoms with van der Waals surface area (Å²) in [7, 11) is 0. The molecule has 7 atom stereocenters. The van der Waals surface area contributed by atoms with Crippen LogP contribution in [0.1, 0.15) is 84.4 Å². The zero-order chi connectivity index (χ0) is 25.9. The third-order valence-electron chi connectivity index (χ3n) is 8.25. The lowest BCUT2D eigenvalue weighted by atomic mass is 9.73. The first-order valence-electron chi connectivity index (χ1n) is 13.1. The van der Waals surface area contributed by atoms with E-state index < -0.39 is 29.5 Å². The molecule has 194 valence electrons. The van der Waals surface area contributed by atoms with E-state index in [9.17, 15) is 19.8 Å². The molecule has 6 nitrogen and oxygen atoms in total. The van der Waals surface area contributed by atoms with Crippen LogP contribution in [0.15, 0.2) is 23.9 Å². The van der Waals surface area contributed by atoms with Crippen molar-refractivity contribution in [3.05, 3.63) is 35.2 Å². The van der Waals surface area contributed by atoms with Crippen molar-refractivity contribution in [3.63, 3.8) is 0 Å². The van der Waals surface area contributed by atoms with Crippen LogP contribution >= 0.6 is 0 Å². The number of Topliss-reactive ketones (excluding diaryl/α,β-unsaturated/α-hetero) is 1. The number of cyclic esters (lactones) is 1. The van der Waals surface area contributed by atoms with E-state index in [4.69, 9.17) is 4.74 Å². The lowest BCUT2D eigenvalue weighted by Gasteiger charge is -2.34. The van der Waals surface area contributed by atoms with E-state index in [-0.39, 0.29) is 24.2 Å². The van der Waals surface area contributed by atoms with Gasteiger partial charge in [0.2, 0.25) is 0 Å². The molecule has 0 amide bonds. The number of nitrogens with zero attached hydrogens (tertiary/aromatic N) is 1. The molecule has 35 heavy (non-hydrogen) atoms. The highest BCUT2D eigenvalue weighted by molar-refractivity contribution is 5.88. The quantitative estimate of drug-likeness (QED) is 0.579. The van der Waals surface area contributed by atoms with Crippen molar-refractivity contribution >= 4 is 17.8 Å². The highest BCUT2D eigenvalue weighted by Crippen LogP contribution is 2.47. The summed E-state index contributed by atoms with van der Waals surface area (Å²) in [5, 5.41) is 21.7. The summed E-state index contributed by atoms with van der Waals surface area (Å²) in [6.07, 6.45) is 5.96. The molecule has 0 bridgehead atoms. The Morgan fingerprint density at radius 1 is 1.11 bits per heavy atom. The highest BCUT2D eigenvalue weighted by Gasteiger charge is 2.43. The molecule has 1 saturated heterocycles. The number of aryl methyl sites for hydroxylation is 1. The predicted octanol–water partition coefficient (Wildman–Crippen LogP) is 4.89. The summed E-state index contributed by atoms with van der Waals surface area (Å²) in [6.45, 7) is 11.0. The molecule has 3 rings (SSSR count). The monoisotopic (exact) mass is 485 g/mol. The average molecular weight is 486 g/mol. The van der Waals surface area contributed by atoms with Crippen LogP contribution in [0.3, 0.4) is 0 Å². The first-order valence-corrected chi connectivity index (χ1v) is 13.1. The van der Waals surface area contributed by atoms with Crippen molar-refractivity contribution in [2.45, 2.75) is 98.4 Å². The number of aromatic nitrogens is 1. The second kappa shape index (κ2) is 11.3. The summed E-state index contributed by atoms with van der Waals surface area (Å²) in [5.41, 5.74) is 1.65. The van der Waals surface area contributed by atoms with E-state index in [1.165, 1.54) is 0 Å². The molecule has 1 aliphatic carbocycles. The Morgan fingerprint density at radius 3 is 2.49 bits per heavy atom. The molecule has 0 radical (unpaired) electrons. The Hall–Kier alpha value is -2.05. The van der Waals surface area contributed by atoms with Gasteiger partial charge in [-0.1, -0.05) is 46.6 Å². The van der Waals surface area contributed by atoms with E-state index in [2.05, 4.69) is 4.98 Å². The number of carbonyl (C=O) groups excluding carboxylic acids is 2. The minimum Gasteiger partial charge on any atom is -0.458 e. The van der Waals surface area contributed by atoms with Gasteiger partial charge in [0.15, 0.2) is 0 Å². The fourth-order valence-corrected chi connectivity index (χ4v) is 5.34. The average Bonchev–Trinajstić information content (AvgIpc) is 3.55. The molecule has 1 aromatic heterocycles. The van der Waals surface area contributed by atoms with Gasteiger partial charge in [0, 0.05) is 12.1 Å². The van der Waals surface area contributed by atoms with Gasteiger partial charge in [-0.2, -0.15) is 0 Å². The maximum absolute atomic E-state index is 13.2. The molecule has 6 heteroatoms. The first kappa shape index (κ1) is 27.5. The van der Waals surface area contributed by atoms with Gasteiger partial charge >= 0.3 is 5.97 Å². The fourth-order valence-electron chi connectivity index (χ4n) is 5.34. The van der Waals surface area contributed by atoms with Crippen molar-refractivity contribution in [1.82, 2.24) is 4.98 Å². The SMILES string of the molecule is C/C(=C\c1ccc(C)cn1)[C@H]1C[C@@H]2C[C@@H]2CCC[C@H](C)C(O)[C@@H](C)C(=O)C(C)(C)[C@@H](O)CC(=O)O1. The number of hydrogen-bond acceptors (Lipinski definition) is 6. The summed E-state index contributed by atoms with van der Waals surface area (Å²) < 4.78 is 5.91. The Bertz CT molecular complexity index is 922. The number of ketones is 1. The molecule has 1 aliphatic heterocycles. The van der Waals surface area contributed by atoms with Crippen LogP contribution in [0.4, 0.5) is 0 Å². The lowest BCUT2D eigenvalue weighted by Crippen LogP contribution is -2.45. The van der Waals surface area contributed by atoms with Gasteiger partial charge in [-0.25, -0.2) is 0 Å². The third kappa shape index (κ3) is 7.01. The number of aliphatic hydroxyl groups excluding tert-OH is 2. The van der Waals surface area contributed by atoms with E-state index in [0.29, 0.717) is 11.8 Å². The molecule has 2 heterocycles. The standard InChI is InChI=1S/C29H43NO5/c1-17-10-11-23(30-16-17)12-19(3)24-14-22-13-21(22)9-7-8-18(2)27(33)20(4)28(34)29(5,6)25(31)15-26(32)35-24/h10-12,16,18,20-22,24-25,27,31,33H,7-9,13-15H2,1-6H3/b19-12+/t18-,20+,21-,22-,24+,25-,27?/m0/s1. The normalized spacial score (nSPS) is 35.2. The second-order valence-corrected chi connectivity index (χ2v) is 11.6. The Balaban J connectivity index is 1.82. The van der Waals surface area contributed by atoms with E-state index in [1.807, 2.05) is 45.2 Å². The van der Waals surface area contributed by atoms with Crippen LogP contribution < -0.4 is 0 Å². The van der Waals surface area contributed by atoms with Crippen LogP contribution in [0.5, 0.6) is 0 Å². The third-order valence-corrected chi connectivity index (χ3v) is 8.25. The molecule has 0 spiro atoms. The lowest BCUT2D eigenvalue weighted by molar-refractivity contribution is -0.154. The minimum atomic E-state index is -1.20. The van der Waals surface area contributed by atoms with Gasteiger partial charge in [-0.3, -0.25) is 14.6 Å². The molecule has 0 aromatic carbocycles. The molecular formula is C29H43NO5. The number of hydrogen-bond donors (Lipinski definition) is 2. The number of esters is 1. The molecule has 1 saturated carbocycles. The van der Waals surface area contributed by atoms with Gasteiger partial charge in [-0.15, -0.1) is 0 Å². The first-order chi connectivity index (χ1) is 16.4. The largest absolute Gasteiger partial charge is 0.458 e. The zero-order valence-corrected chi connectivity index (χ0v) is 22.2. The predicted molar refractivity (Wildman–Crippen MR) is 136 cm³/mol. The summed E-state index contributed by atoms with van der Waals surface area (Å²) in [4.78, 5) is 30.6. The molecule has 2 N–H and O–H groups in total. The van der Waals surface area contributed by atoms with Crippen LogP contribution in [0.2, 0.25) is 0 Å². The minimum absolute atomic E-state index is 0.00287. The number of pyridine rings is 1. The second-order valence-electron chi connectivity index (χ2n) is 11.6. The zero-order valence-electron chi connectivity index (χ0n) is 22.2. The Kier molecular flexibility index (Phi) is 8.92. The van der Waals surface area contributed by atoms with Crippen LogP contribution in [0.25, 0.3) is 6.08 Å². The number of carbonyl (C=O) groups is 2. The van der Waals surface area contributed by atoms with Gasteiger partial charge in [0.25, 0.3) is 0 Å². The molecule has 2 aliphatic rings. The summed E-state index contributed by atoms with van der Waals surface area (Å²) in [5.74, 6) is -0.271. The highest BCUT2D eigenvalue weighted by atomic mass is 16.5. The van der Waals surface area contributed by atoms with Crippen LogP contribution in [0, 0.1) is 36.0 Å².